The first kappa shape index (κ1) is 13.5. The van der Waals surface area contributed by atoms with Gasteiger partial charge in [0.15, 0.2) is 21.5 Å². The molecular formula is C13H13NO4S. The zero-order valence-electron chi connectivity index (χ0n) is 10.6. The summed E-state index contributed by atoms with van der Waals surface area (Å²) in [6.07, 6.45) is 0. The van der Waals surface area contributed by atoms with Crippen LogP contribution in [0.5, 0.6) is 0 Å². The second-order valence-corrected chi connectivity index (χ2v) is 6.13. The third kappa shape index (κ3) is 2.90. The quantitative estimate of drug-likeness (QED) is 0.799. The van der Waals surface area contributed by atoms with Crippen LogP contribution in [0.25, 0.3) is 0 Å². The van der Waals surface area contributed by atoms with Gasteiger partial charge in [0.25, 0.3) is 0 Å². The van der Waals surface area contributed by atoms with Gasteiger partial charge < -0.3 is 4.42 Å². The van der Waals surface area contributed by atoms with Crippen LogP contribution in [0.3, 0.4) is 0 Å². The number of ketones is 1. The fourth-order valence-electron chi connectivity index (χ4n) is 1.74. The largest absolute Gasteiger partial charge is 0.438 e. The molecule has 0 aliphatic carbocycles. The lowest BCUT2D eigenvalue weighted by atomic mass is 10.3. The van der Waals surface area contributed by atoms with Crippen LogP contribution in [0, 0.1) is 13.8 Å². The molecule has 0 radical (unpaired) electrons. The van der Waals surface area contributed by atoms with Crippen molar-refractivity contribution in [2.45, 2.75) is 18.7 Å². The van der Waals surface area contributed by atoms with Crippen LogP contribution in [0.1, 0.15) is 22.1 Å². The molecule has 1 heterocycles. The Bertz CT molecular complexity index is 701. The van der Waals surface area contributed by atoms with E-state index in [2.05, 4.69) is 4.98 Å². The summed E-state index contributed by atoms with van der Waals surface area (Å²) in [5.41, 5.74) is 0.408. The van der Waals surface area contributed by atoms with Gasteiger partial charge >= 0.3 is 0 Å². The average Bonchev–Trinajstić information content (AvgIpc) is 2.69. The van der Waals surface area contributed by atoms with E-state index in [1.807, 2.05) is 0 Å². The number of carbonyl (C=O) groups excluding carboxylic acids is 1. The van der Waals surface area contributed by atoms with Gasteiger partial charge in [-0.05, 0) is 19.1 Å². The smallest absolute Gasteiger partial charge is 0.215 e. The van der Waals surface area contributed by atoms with Crippen molar-refractivity contribution >= 4 is 15.6 Å². The van der Waals surface area contributed by atoms with Gasteiger partial charge in [-0.25, -0.2) is 13.4 Å². The maximum absolute atomic E-state index is 12.1. The number of aromatic nitrogens is 1. The number of hydrogen-bond donors (Lipinski definition) is 0. The maximum Gasteiger partial charge on any atom is 0.215 e. The van der Waals surface area contributed by atoms with Crippen molar-refractivity contribution in [2.24, 2.45) is 0 Å². The van der Waals surface area contributed by atoms with Crippen molar-refractivity contribution in [3.05, 3.63) is 47.7 Å². The van der Waals surface area contributed by atoms with Crippen molar-refractivity contribution in [2.75, 3.05) is 5.75 Å². The van der Waals surface area contributed by atoms with Crippen LogP contribution in [0.15, 0.2) is 39.6 Å². The molecule has 2 aromatic rings. The molecule has 5 nitrogen and oxygen atoms in total. The van der Waals surface area contributed by atoms with E-state index in [0.717, 1.165) is 0 Å². The first-order valence-electron chi connectivity index (χ1n) is 5.65. The minimum atomic E-state index is -3.65. The molecule has 0 unspecified atom stereocenters. The predicted octanol–water partition coefficient (Wildman–Crippen LogP) is 1.95. The first-order chi connectivity index (χ1) is 8.90. The van der Waals surface area contributed by atoms with Gasteiger partial charge in [-0.2, -0.15) is 0 Å². The van der Waals surface area contributed by atoms with Gasteiger partial charge in [0.1, 0.15) is 5.75 Å². The van der Waals surface area contributed by atoms with E-state index in [0.29, 0.717) is 11.6 Å². The highest BCUT2D eigenvalue weighted by Gasteiger charge is 2.24. The lowest BCUT2D eigenvalue weighted by molar-refractivity contribution is 0.0988. The van der Waals surface area contributed by atoms with Gasteiger partial charge in [-0.15, -0.1) is 0 Å². The van der Waals surface area contributed by atoms with Crippen LogP contribution in [-0.4, -0.2) is 24.9 Å². The third-order valence-electron chi connectivity index (χ3n) is 2.58. The van der Waals surface area contributed by atoms with Gasteiger partial charge in [0.2, 0.25) is 5.78 Å². The summed E-state index contributed by atoms with van der Waals surface area (Å²) >= 11 is 0. The lowest BCUT2D eigenvalue weighted by Gasteiger charge is -2.02. The number of hydrogen-bond acceptors (Lipinski definition) is 5. The molecule has 0 fully saturated rings. The summed E-state index contributed by atoms with van der Waals surface area (Å²) in [5, 5.41) is 0. The molecule has 0 spiro atoms. The fourth-order valence-corrected chi connectivity index (χ4v) is 2.95. The van der Waals surface area contributed by atoms with E-state index in [4.69, 9.17) is 4.42 Å². The Labute approximate surface area is 111 Å². The number of benzene rings is 1. The highest BCUT2D eigenvalue weighted by molar-refractivity contribution is 7.92. The molecule has 19 heavy (non-hydrogen) atoms. The van der Waals surface area contributed by atoms with Crippen molar-refractivity contribution < 1.29 is 17.6 Å². The molecule has 100 valence electrons. The standard InChI is InChI=1S/C13H13NO4S/c1-9-13(18-10(2)14-9)12(15)8-19(16,17)11-6-4-3-5-7-11/h3-7H,8H2,1-2H3. The van der Waals surface area contributed by atoms with Gasteiger partial charge in [0.05, 0.1) is 10.6 Å². The van der Waals surface area contributed by atoms with Crippen molar-refractivity contribution in [1.82, 2.24) is 4.98 Å². The zero-order chi connectivity index (χ0) is 14.0. The summed E-state index contributed by atoms with van der Waals surface area (Å²) in [5.74, 6) is -0.844. The SMILES string of the molecule is Cc1nc(C)c(C(=O)CS(=O)(=O)c2ccccc2)o1. The van der Waals surface area contributed by atoms with Crippen LogP contribution < -0.4 is 0 Å². The van der Waals surface area contributed by atoms with Crippen LogP contribution >= 0.6 is 0 Å². The molecule has 1 aromatic heterocycles. The van der Waals surface area contributed by atoms with E-state index in [1.54, 1.807) is 32.0 Å². The Morgan fingerprint density at radius 3 is 2.37 bits per heavy atom. The van der Waals surface area contributed by atoms with E-state index in [1.165, 1.54) is 12.1 Å². The average molecular weight is 279 g/mol. The normalized spacial score (nSPS) is 11.5. The van der Waals surface area contributed by atoms with E-state index >= 15 is 0 Å². The van der Waals surface area contributed by atoms with Gasteiger partial charge in [-0.1, -0.05) is 18.2 Å². The topological polar surface area (TPSA) is 77.2 Å². The molecule has 0 atom stereocenters. The lowest BCUT2D eigenvalue weighted by Crippen LogP contribution is -2.16. The van der Waals surface area contributed by atoms with Crippen LogP contribution in [-0.2, 0) is 9.84 Å². The number of aryl methyl sites for hydroxylation is 2. The summed E-state index contributed by atoms with van der Waals surface area (Å²) in [6, 6.07) is 7.86. The molecule has 0 saturated heterocycles. The molecule has 0 N–H and O–H groups in total. The molecule has 6 heteroatoms. The fraction of sp³-hybridized carbons (Fsp3) is 0.231. The molecule has 0 amide bonds. The molecule has 1 aromatic carbocycles. The van der Waals surface area contributed by atoms with Crippen molar-refractivity contribution in [3.63, 3.8) is 0 Å². The molecule has 0 aliphatic rings. The van der Waals surface area contributed by atoms with Crippen molar-refractivity contribution in [3.8, 4) is 0 Å². The van der Waals surface area contributed by atoms with Crippen molar-refractivity contribution in [1.29, 1.82) is 0 Å². The minimum absolute atomic E-state index is 0.0111. The second kappa shape index (κ2) is 4.97. The van der Waals surface area contributed by atoms with E-state index in [9.17, 15) is 13.2 Å². The van der Waals surface area contributed by atoms with Gasteiger partial charge in [-0.3, -0.25) is 4.79 Å². The molecule has 0 saturated carbocycles. The maximum atomic E-state index is 12.1. The van der Waals surface area contributed by atoms with E-state index < -0.39 is 21.4 Å². The minimum Gasteiger partial charge on any atom is -0.438 e. The Morgan fingerprint density at radius 1 is 1.21 bits per heavy atom. The monoisotopic (exact) mass is 279 g/mol. The highest BCUT2D eigenvalue weighted by atomic mass is 32.2. The number of sulfone groups is 1. The molecular weight excluding hydrogens is 266 g/mol. The van der Waals surface area contributed by atoms with E-state index in [-0.39, 0.29) is 10.7 Å². The summed E-state index contributed by atoms with van der Waals surface area (Å²) in [4.78, 5) is 16.0. The summed E-state index contributed by atoms with van der Waals surface area (Å²) < 4.78 is 29.2. The number of carbonyl (C=O) groups is 1. The molecule has 0 bridgehead atoms. The zero-order valence-corrected chi connectivity index (χ0v) is 11.4. The molecule has 2 rings (SSSR count). The Kier molecular flexibility index (Phi) is 3.53. The summed E-state index contributed by atoms with van der Waals surface area (Å²) in [7, 11) is -3.65. The summed E-state index contributed by atoms with van der Waals surface area (Å²) in [6.45, 7) is 3.22. The number of Topliss-reactive ketones (excluding diaryl/α,β-unsaturated/α-hetero) is 1. The predicted molar refractivity (Wildman–Crippen MR) is 68.8 cm³/mol. The Hall–Kier alpha value is -1.95. The van der Waals surface area contributed by atoms with Gasteiger partial charge in [0, 0.05) is 6.92 Å². The molecule has 0 aliphatic heterocycles. The first-order valence-corrected chi connectivity index (χ1v) is 7.30. The third-order valence-corrected chi connectivity index (χ3v) is 4.21. The Balaban J connectivity index is 2.27. The number of nitrogens with zero attached hydrogens (tertiary/aromatic N) is 1. The van der Waals surface area contributed by atoms with Crippen LogP contribution in [0.4, 0.5) is 0 Å². The van der Waals surface area contributed by atoms with Crippen LogP contribution in [0.2, 0.25) is 0 Å². The number of rotatable bonds is 4. The number of oxazole rings is 1. The Morgan fingerprint density at radius 2 is 1.84 bits per heavy atom. The highest BCUT2D eigenvalue weighted by Crippen LogP contribution is 2.15. The second-order valence-electron chi connectivity index (χ2n) is 4.14.